The van der Waals surface area contributed by atoms with Crippen molar-refractivity contribution in [1.82, 2.24) is 5.32 Å². The number of rotatable bonds is 5. The summed E-state index contributed by atoms with van der Waals surface area (Å²) in [5, 5.41) is 16.1. The summed E-state index contributed by atoms with van der Waals surface area (Å²) in [6, 6.07) is 7.78. The van der Waals surface area contributed by atoms with Gasteiger partial charge in [0.05, 0.1) is 18.1 Å². The SMILES string of the molecule is COc1ccc(C(C)NC(=O)Nc2ccc(C)c([N+](=O)[O-])c2)cc1F. The van der Waals surface area contributed by atoms with Crippen molar-refractivity contribution in [1.29, 1.82) is 0 Å². The largest absolute Gasteiger partial charge is 0.494 e. The Kier molecular flexibility index (Phi) is 5.53. The molecule has 132 valence electrons. The highest BCUT2D eigenvalue weighted by Gasteiger charge is 2.15. The van der Waals surface area contributed by atoms with Gasteiger partial charge in [0.25, 0.3) is 5.69 Å². The molecule has 2 aromatic carbocycles. The number of carbonyl (C=O) groups excluding carboxylic acids is 1. The molecule has 0 aliphatic rings. The number of benzene rings is 2. The standard InChI is InChI=1S/C17H18FN3O4/c1-10-4-6-13(9-15(10)21(23)24)20-17(22)19-11(2)12-5-7-16(25-3)14(18)8-12/h4-9,11H,1-3H3,(H2,19,20,22). The fourth-order valence-electron chi connectivity index (χ4n) is 2.28. The highest BCUT2D eigenvalue weighted by atomic mass is 19.1. The number of nitro benzene ring substituents is 1. The van der Waals surface area contributed by atoms with Gasteiger partial charge in [-0.05, 0) is 37.6 Å². The van der Waals surface area contributed by atoms with Gasteiger partial charge in [0.2, 0.25) is 0 Å². The Balaban J connectivity index is 2.06. The van der Waals surface area contributed by atoms with E-state index in [2.05, 4.69) is 10.6 Å². The molecule has 1 unspecified atom stereocenters. The van der Waals surface area contributed by atoms with E-state index in [-0.39, 0.29) is 11.4 Å². The van der Waals surface area contributed by atoms with Gasteiger partial charge in [0.15, 0.2) is 11.6 Å². The lowest BCUT2D eigenvalue weighted by molar-refractivity contribution is -0.385. The zero-order valence-electron chi connectivity index (χ0n) is 14.0. The summed E-state index contributed by atoms with van der Waals surface area (Å²) in [7, 11) is 1.37. The second kappa shape index (κ2) is 7.61. The molecule has 25 heavy (non-hydrogen) atoms. The number of nitrogens with one attached hydrogen (secondary N) is 2. The molecular weight excluding hydrogens is 329 g/mol. The summed E-state index contributed by atoms with van der Waals surface area (Å²) < 4.78 is 18.6. The van der Waals surface area contributed by atoms with Gasteiger partial charge in [0, 0.05) is 17.3 Å². The number of anilines is 1. The first-order valence-electron chi connectivity index (χ1n) is 7.48. The second-order valence-electron chi connectivity index (χ2n) is 5.47. The molecule has 7 nitrogen and oxygen atoms in total. The van der Waals surface area contributed by atoms with Crippen LogP contribution in [0.2, 0.25) is 0 Å². The smallest absolute Gasteiger partial charge is 0.319 e. The summed E-state index contributed by atoms with van der Waals surface area (Å²) >= 11 is 0. The van der Waals surface area contributed by atoms with Crippen molar-refractivity contribution in [2.45, 2.75) is 19.9 Å². The van der Waals surface area contributed by atoms with Gasteiger partial charge in [0.1, 0.15) is 0 Å². The van der Waals surface area contributed by atoms with E-state index in [1.807, 2.05) is 0 Å². The van der Waals surface area contributed by atoms with Crippen LogP contribution in [0.3, 0.4) is 0 Å². The van der Waals surface area contributed by atoms with E-state index >= 15 is 0 Å². The normalized spacial score (nSPS) is 11.5. The van der Waals surface area contributed by atoms with Crippen LogP contribution in [0.4, 0.5) is 20.6 Å². The van der Waals surface area contributed by atoms with Gasteiger partial charge in [-0.25, -0.2) is 9.18 Å². The van der Waals surface area contributed by atoms with E-state index in [0.29, 0.717) is 16.8 Å². The third-order valence-corrected chi connectivity index (χ3v) is 3.69. The second-order valence-corrected chi connectivity index (χ2v) is 5.47. The van der Waals surface area contributed by atoms with Crippen LogP contribution in [0.15, 0.2) is 36.4 Å². The first kappa shape index (κ1) is 18.2. The molecule has 0 saturated heterocycles. The highest BCUT2D eigenvalue weighted by molar-refractivity contribution is 5.90. The molecule has 0 fully saturated rings. The van der Waals surface area contributed by atoms with E-state index in [9.17, 15) is 19.3 Å². The van der Waals surface area contributed by atoms with E-state index in [1.54, 1.807) is 32.0 Å². The minimum absolute atomic E-state index is 0.0805. The quantitative estimate of drug-likeness (QED) is 0.633. The summed E-state index contributed by atoms with van der Waals surface area (Å²) in [4.78, 5) is 22.5. The molecule has 0 aliphatic carbocycles. The van der Waals surface area contributed by atoms with E-state index < -0.39 is 22.8 Å². The van der Waals surface area contributed by atoms with Gasteiger partial charge in [-0.15, -0.1) is 0 Å². The highest BCUT2D eigenvalue weighted by Crippen LogP contribution is 2.23. The average Bonchev–Trinajstić information content (AvgIpc) is 2.56. The minimum Gasteiger partial charge on any atom is -0.494 e. The molecule has 1 atom stereocenters. The molecule has 2 amide bonds. The molecule has 2 rings (SSSR count). The van der Waals surface area contributed by atoms with Crippen LogP contribution in [-0.2, 0) is 0 Å². The zero-order chi connectivity index (χ0) is 18.6. The molecule has 0 spiro atoms. The molecule has 0 saturated carbocycles. The Bertz CT molecular complexity index is 810. The fraction of sp³-hybridized carbons (Fsp3) is 0.235. The van der Waals surface area contributed by atoms with Gasteiger partial charge in [-0.1, -0.05) is 12.1 Å². The molecule has 2 aromatic rings. The number of methoxy groups -OCH3 is 1. The lowest BCUT2D eigenvalue weighted by atomic mass is 10.1. The third kappa shape index (κ3) is 4.43. The van der Waals surface area contributed by atoms with Crippen LogP contribution >= 0.6 is 0 Å². The van der Waals surface area contributed by atoms with Crippen molar-refractivity contribution in [3.05, 3.63) is 63.5 Å². The first-order chi connectivity index (χ1) is 11.8. The minimum atomic E-state index is -0.554. The summed E-state index contributed by atoms with van der Waals surface area (Å²) in [5.74, 6) is -0.407. The van der Waals surface area contributed by atoms with Crippen molar-refractivity contribution in [2.75, 3.05) is 12.4 Å². The summed E-state index contributed by atoms with van der Waals surface area (Å²) in [6.45, 7) is 3.31. The van der Waals surface area contributed by atoms with Crippen LogP contribution in [0.25, 0.3) is 0 Å². The van der Waals surface area contributed by atoms with Crippen molar-refractivity contribution in [3.8, 4) is 5.75 Å². The van der Waals surface area contributed by atoms with Crippen molar-refractivity contribution in [3.63, 3.8) is 0 Å². The zero-order valence-corrected chi connectivity index (χ0v) is 14.0. The van der Waals surface area contributed by atoms with Crippen LogP contribution in [0.1, 0.15) is 24.1 Å². The van der Waals surface area contributed by atoms with Crippen LogP contribution in [-0.4, -0.2) is 18.1 Å². The molecule has 0 radical (unpaired) electrons. The maximum atomic E-state index is 13.7. The lowest BCUT2D eigenvalue weighted by Gasteiger charge is -2.16. The van der Waals surface area contributed by atoms with Crippen molar-refractivity contribution in [2.24, 2.45) is 0 Å². The average molecular weight is 347 g/mol. The lowest BCUT2D eigenvalue weighted by Crippen LogP contribution is -2.31. The Morgan fingerprint density at radius 2 is 2.00 bits per heavy atom. The topological polar surface area (TPSA) is 93.5 Å². The molecule has 0 aromatic heterocycles. The van der Waals surface area contributed by atoms with E-state index in [1.165, 1.54) is 25.3 Å². The number of aryl methyl sites for hydroxylation is 1. The number of nitro groups is 1. The molecule has 0 heterocycles. The predicted molar refractivity (Wildman–Crippen MR) is 91.4 cm³/mol. The van der Waals surface area contributed by atoms with E-state index in [4.69, 9.17) is 4.74 Å². The third-order valence-electron chi connectivity index (χ3n) is 3.69. The maximum absolute atomic E-state index is 13.7. The summed E-state index contributed by atoms with van der Waals surface area (Å²) in [6.07, 6.45) is 0. The Morgan fingerprint density at radius 1 is 1.28 bits per heavy atom. The number of amides is 2. The number of hydrogen-bond acceptors (Lipinski definition) is 4. The van der Waals surface area contributed by atoms with Crippen LogP contribution in [0.5, 0.6) is 5.75 Å². The predicted octanol–water partition coefficient (Wildman–Crippen LogP) is 3.93. The first-order valence-corrected chi connectivity index (χ1v) is 7.48. The number of urea groups is 1. The van der Waals surface area contributed by atoms with Gasteiger partial charge in [-0.2, -0.15) is 0 Å². The van der Waals surface area contributed by atoms with Crippen LogP contribution in [0, 0.1) is 22.9 Å². The number of ether oxygens (including phenoxy) is 1. The number of carbonyl (C=O) groups is 1. The van der Waals surface area contributed by atoms with Crippen LogP contribution < -0.4 is 15.4 Å². The number of nitrogens with zero attached hydrogens (tertiary/aromatic N) is 1. The molecule has 8 heteroatoms. The van der Waals surface area contributed by atoms with Gasteiger partial charge >= 0.3 is 6.03 Å². The summed E-state index contributed by atoms with van der Waals surface area (Å²) in [5.41, 5.74) is 1.27. The molecule has 2 N–H and O–H groups in total. The van der Waals surface area contributed by atoms with Gasteiger partial charge < -0.3 is 15.4 Å². The number of hydrogen-bond donors (Lipinski definition) is 2. The van der Waals surface area contributed by atoms with Gasteiger partial charge in [-0.3, -0.25) is 10.1 Å². The Morgan fingerprint density at radius 3 is 2.60 bits per heavy atom. The molecule has 0 aliphatic heterocycles. The monoisotopic (exact) mass is 347 g/mol. The van der Waals surface area contributed by atoms with Crippen molar-refractivity contribution < 1.29 is 18.8 Å². The molecule has 0 bridgehead atoms. The Hall–Kier alpha value is -3.16. The molecular formula is C17H18FN3O4. The van der Waals surface area contributed by atoms with E-state index in [0.717, 1.165) is 0 Å². The van der Waals surface area contributed by atoms with Crippen molar-refractivity contribution >= 4 is 17.4 Å². The fourth-order valence-corrected chi connectivity index (χ4v) is 2.28. The number of halogens is 1. The maximum Gasteiger partial charge on any atom is 0.319 e. The Labute approximate surface area is 144 Å².